The maximum atomic E-state index is 12.8. The maximum absolute atomic E-state index is 12.8. The van der Waals surface area contributed by atoms with Gasteiger partial charge in [-0.25, -0.2) is 8.42 Å². The monoisotopic (exact) mass is 389 g/mol. The number of carbonyl (C=O) groups excluding carboxylic acids is 1. The van der Waals surface area contributed by atoms with Crippen LogP contribution in [0.3, 0.4) is 0 Å². The minimum atomic E-state index is -3.09. The molecule has 1 aliphatic rings. The van der Waals surface area contributed by atoms with Crippen LogP contribution in [0.1, 0.15) is 17.5 Å². The fourth-order valence-corrected chi connectivity index (χ4v) is 5.01. The zero-order valence-electron chi connectivity index (χ0n) is 14.2. The van der Waals surface area contributed by atoms with Crippen LogP contribution in [-0.4, -0.2) is 36.8 Å². The van der Waals surface area contributed by atoms with E-state index in [4.69, 9.17) is 11.6 Å². The highest BCUT2D eigenvalue weighted by atomic mass is 35.5. The number of amides is 1. The van der Waals surface area contributed by atoms with E-state index in [0.29, 0.717) is 18.0 Å². The summed E-state index contributed by atoms with van der Waals surface area (Å²) in [5, 5.41) is 0.591. The second-order valence-electron chi connectivity index (χ2n) is 6.40. The van der Waals surface area contributed by atoms with Crippen LogP contribution in [0.4, 0.5) is 0 Å². The molecule has 0 radical (unpaired) electrons. The van der Waals surface area contributed by atoms with Gasteiger partial charge < -0.3 is 4.90 Å². The molecular formula is C20H20ClNO3S. The quantitative estimate of drug-likeness (QED) is 0.734. The average Bonchev–Trinajstić information content (AvgIpc) is 2.98. The van der Waals surface area contributed by atoms with Crippen molar-refractivity contribution in [2.24, 2.45) is 0 Å². The van der Waals surface area contributed by atoms with Crippen molar-refractivity contribution in [2.45, 2.75) is 19.0 Å². The SMILES string of the molecule is O=C(/C=C/c1ccccc1)N(Cc1cccc(Cl)c1)C1CCS(=O)(=O)C1. The Balaban J connectivity index is 1.82. The van der Waals surface area contributed by atoms with Gasteiger partial charge in [0.1, 0.15) is 0 Å². The van der Waals surface area contributed by atoms with E-state index >= 15 is 0 Å². The molecule has 1 aliphatic heterocycles. The Morgan fingerprint density at radius 3 is 2.58 bits per heavy atom. The Bertz CT molecular complexity index is 910. The van der Waals surface area contributed by atoms with Gasteiger partial charge in [-0.3, -0.25) is 4.79 Å². The second kappa shape index (κ2) is 8.06. The highest BCUT2D eigenvalue weighted by molar-refractivity contribution is 7.91. The smallest absolute Gasteiger partial charge is 0.247 e. The molecule has 26 heavy (non-hydrogen) atoms. The van der Waals surface area contributed by atoms with E-state index in [9.17, 15) is 13.2 Å². The standard InChI is InChI=1S/C20H20ClNO3S/c21-18-8-4-7-17(13-18)14-22(19-11-12-26(24,25)15-19)20(23)10-9-16-5-2-1-3-6-16/h1-10,13,19H,11-12,14-15H2/b10-9+. The molecule has 4 nitrogen and oxygen atoms in total. The van der Waals surface area contributed by atoms with E-state index in [2.05, 4.69) is 0 Å². The minimum absolute atomic E-state index is 0.0124. The first-order chi connectivity index (χ1) is 12.4. The maximum Gasteiger partial charge on any atom is 0.247 e. The molecule has 136 valence electrons. The van der Waals surface area contributed by atoms with E-state index in [1.165, 1.54) is 6.08 Å². The number of nitrogens with zero attached hydrogens (tertiary/aromatic N) is 1. The molecule has 0 aromatic heterocycles. The van der Waals surface area contributed by atoms with Crippen molar-refractivity contribution < 1.29 is 13.2 Å². The molecule has 0 bridgehead atoms. The van der Waals surface area contributed by atoms with Gasteiger partial charge in [0.25, 0.3) is 0 Å². The Kier molecular flexibility index (Phi) is 5.79. The summed E-state index contributed by atoms with van der Waals surface area (Å²) < 4.78 is 23.8. The number of rotatable bonds is 5. The second-order valence-corrected chi connectivity index (χ2v) is 9.06. The normalized spacial score (nSPS) is 18.9. The molecule has 0 aliphatic carbocycles. The van der Waals surface area contributed by atoms with Crippen molar-refractivity contribution in [1.82, 2.24) is 4.90 Å². The van der Waals surface area contributed by atoms with Gasteiger partial charge in [-0.1, -0.05) is 54.1 Å². The van der Waals surface area contributed by atoms with Crippen molar-refractivity contribution in [3.05, 3.63) is 76.8 Å². The number of carbonyl (C=O) groups is 1. The van der Waals surface area contributed by atoms with Gasteiger partial charge in [0.2, 0.25) is 5.91 Å². The molecule has 1 amide bonds. The summed E-state index contributed by atoms with van der Waals surface area (Å²) in [6.45, 7) is 0.332. The predicted molar refractivity (Wildman–Crippen MR) is 105 cm³/mol. The first-order valence-corrected chi connectivity index (χ1v) is 10.6. The van der Waals surface area contributed by atoms with E-state index in [1.54, 1.807) is 23.1 Å². The van der Waals surface area contributed by atoms with E-state index in [1.807, 2.05) is 42.5 Å². The third-order valence-electron chi connectivity index (χ3n) is 4.39. The molecule has 3 rings (SSSR count). The summed E-state index contributed by atoms with van der Waals surface area (Å²) in [4.78, 5) is 14.4. The van der Waals surface area contributed by atoms with Crippen molar-refractivity contribution in [2.75, 3.05) is 11.5 Å². The summed E-state index contributed by atoms with van der Waals surface area (Å²) in [5.41, 5.74) is 1.80. The molecule has 0 saturated carbocycles. The third-order valence-corrected chi connectivity index (χ3v) is 6.38. The summed E-state index contributed by atoms with van der Waals surface area (Å²) in [6, 6.07) is 16.5. The van der Waals surface area contributed by atoms with Gasteiger partial charge in [0.15, 0.2) is 9.84 Å². The zero-order chi connectivity index (χ0) is 18.6. The Hall–Kier alpha value is -2.11. The van der Waals surface area contributed by atoms with Crippen LogP contribution in [0.25, 0.3) is 6.08 Å². The van der Waals surface area contributed by atoms with Gasteiger partial charge in [-0.2, -0.15) is 0 Å². The molecule has 1 atom stereocenters. The Morgan fingerprint density at radius 1 is 1.15 bits per heavy atom. The third kappa shape index (κ3) is 4.96. The number of hydrogen-bond donors (Lipinski definition) is 0. The fraction of sp³-hybridized carbons (Fsp3) is 0.250. The number of sulfone groups is 1. The van der Waals surface area contributed by atoms with Crippen molar-refractivity contribution in [1.29, 1.82) is 0 Å². The van der Waals surface area contributed by atoms with Crippen LogP contribution in [0.2, 0.25) is 5.02 Å². The Labute approximate surface area is 159 Å². The molecule has 6 heteroatoms. The Morgan fingerprint density at radius 2 is 1.92 bits per heavy atom. The van der Waals surface area contributed by atoms with Crippen molar-refractivity contribution >= 4 is 33.4 Å². The number of benzene rings is 2. The lowest BCUT2D eigenvalue weighted by Crippen LogP contribution is -2.39. The lowest BCUT2D eigenvalue weighted by Gasteiger charge is -2.27. The van der Waals surface area contributed by atoms with Gasteiger partial charge >= 0.3 is 0 Å². The molecule has 1 heterocycles. The van der Waals surface area contributed by atoms with Crippen molar-refractivity contribution in [3.8, 4) is 0 Å². The largest absolute Gasteiger partial charge is 0.331 e. The van der Waals surface area contributed by atoms with Crippen LogP contribution in [0.15, 0.2) is 60.7 Å². The topological polar surface area (TPSA) is 54.5 Å². The van der Waals surface area contributed by atoms with E-state index in [-0.39, 0.29) is 23.5 Å². The van der Waals surface area contributed by atoms with Gasteiger partial charge in [0.05, 0.1) is 11.5 Å². The van der Waals surface area contributed by atoms with Crippen LogP contribution in [0, 0.1) is 0 Å². The minimum Gasteiger partial charge on any atom is -0.331 e. The van der Waals surface area contributed by atoms with Gasteiger partial charge in [-0.15, -0.1) is 0 Å². The number of halogens is 1. The highest BCUT2D eigenvalue weighted by Gasteiger charge is 2.34. The highest BCUT2D eigenvalue weighted by Crippen LogP contribution is 2.22. The molecule has 2 aromatic rings. The molecule has 0 N–H and O–H groups in total. The first-order valence-electron chi connectivity index (χ1n) is 8.41. The summed E-state index contributed by atoms with van der Waals surface area (Å²) >= 11 is 6.04. The molecule has 2 aromatic carbocycles. The molecule has 0 spiro atoms. The van der Waals surface area contributed by atoms with Gasteiger partial charge in [-0.05, 0) is 35.8 Å². The van der Waals surface area contributed by atoms with Gasteiger partial charge in [0, 0.05) is 23.7 Å². The summed E-state index contributed by atoms with van der Waals surface area (Å²) in [6.07, 6.45) is 3.72. The first kappa shape index (κ1) is 18.7. The lowest BCUT2D eigenvalue weighted by molar-refractivity contribution is -0.128. The van der Waals surface area contributed by atoms with E-state index in [0.717, 1.165) is 11.1 Å². The fourth-order valence-electron chi connectivity index (χ4n) is 3.07. The molecule has 1 saturated heterocycles. The van der Waals surface area contributed by atoms with Crippen LogP contribution < -0.4 is 0 Å². The molecule has 1 unspecified atom stereocenters. The number of hydrogen-bond acceptors (Lipinski definition) is 3. The zero-order valence-corrected chi connectivity index (χ0v) is 15.8. The van der Waals surface area contributed by atoms with Crippen LogP contribution in [0.5, 0.6) is 0 Å². The lowest BCUT2D eigenvalue weighted by atomic mass is 10.1. The molecule has 1 fully saturated rings. The molecular weight excluding hydrogens is 370 g/mol. The van der Waals surface area contributed by atoms with Crippen molar-refractivity contribution in [3.63, 3.8) is 0 Å². The van der Waals surface area contributed by atoms with Crippen LogP contribution in [-0.2, 0) is 21.2 Å². The van der Waals surface area contributed by atoms with E-state index < -0.39 is 9.84 Å². The van der Waals surface area contributed by atoms with Crippen LogP contribution >= 0.6 is 11.6 Å². The predicted octanol–water partition coefficient (Wildman–Crippen LogP) is 3.57. The average molecular weight is 390 g/mol. The summed E-state index contributed by atoms with van der Waals surface area (Å²) in [7, 11) is -3.09. The summed E-state index contributed by atoms with van der Waals surface area (Å²) in [5.74, 6) is -0.0614.